The minimum atomic E-state index is 0.687. The van der Waals surface area contributed by atoms with E-state index in [9.17, 15) is 5.26 Å². The molecule has 3 nitrogen and oxygen atoms in total. The van der Waals surface area contributed by atoms with Gasteiger partial charge in [0.1, 0.15) is 6.07 Å². The highest BCUT2D eigenvalue weighted by Crippen LogP contribution is 2.39. The third kappa shape index (κ3) is 2.04. The quantitative estimate of drug-likeness (QED) is 0.795. The number of para-hydroxylation sites is 2. The van der Waals surface area contributed by atoms with Crippen molar-refractivity contribution in [2.75, 3.05) is 29.9 Å². The molecule has 0 saturated carbocycles. The molecule has 0 atom stereocenters. The Balaban J connectivity index is 2.16. The molecule has 1 aliphatic rings. The second-order valence-corrected chi connectivity index (χ2v) is 5.66. The summed E-state index contributed by atoms with van der Waals surface area (Å²) >= 11 is 3.47. The van der Waals surface area contributed by atoms with Crippen molar-refractivity contribution in [2.24, 2.45) is 0 Å². The van der Waals surface area contributed by atoms with Crippen LogP contribution in [0.2, 0.25) is 0 Å². The minimum absolute atomic E-state index is 0.687. The van der Waals surface area contributed by atoms with Gasteiger partial charge in [0, 0.05) is 24.6 Å². The van der Waals surface area contributed by atoms with E-state index in [0.717, 1.165) is 28.9 Å². The van der Waals surface area contributed by atoms with Crippen LogP contribution in [-0.2, 0) is 0 Å². The largest absolute Gasteiger partial charge is 0.371 e. The molecule has 0 aromatic heterocycles. The lowest BCUT2D eigenvalue weighted by molar-refractivity contribution is 0.821. The predicted molar refractivity (Wildman–Crippen MR) is 85.6 cm³/mol. The number of halogens is 1. The Hall–Kier alpha value is -1.99. The molecule has 1 aliphatic heterocycles. The lowest BCUT2D eigenvalue weighted by Gasteiger charge is -2.37. The van der Waals surface area contributed by atoms with Crippen LogP contribution in [0.15, 0.2) is 46.9 Å². The van der Waals surface area contributed by atoms with Crippen molar-refractivity contribution < 1.29 is 0 Å². The van der Waals surface area contributed by atoms with E-state index >= 15 is 0 Å². The standard InChI is InChI=1S/C16H14BrN3/c1-19-9-10-20(16-7-3-2-6-15(16)19)14-8-4-5-13(17)12(14)11-18/h2-8H,9-10H2,1H3. The Kier molecular flexibility index (Phi) is 3.37. The molecule has 0 N–H and O–H groups in total. The number of nitriles is 1. The molecule has 0 amide bonds. The van der Waals surface area contributed by atoms with Crippen molar-refractivity contribution in [1.82, 2.24) is 0 Å². The zero-order chi connectivity index (χ0) is 14.1. The fourth-order valence-corrected chi connectivity index (χ4v) is 3.05. The smallest absolute Gasteiger partial charge is 0.103 e. The van der Waals surface area contributed by atoms with Gasteiger partial charge in [0.25, 0.3) is 0 Å². The molecular weight excluding hydrogens is 314 g/mol. The maximum Gasteiger partial charge on any atom is 0.103 e. The zero-order valence-electron chi connectivity index (χ0n) is 11.2. The van der Waals surface area contributed by atoms with Crippen LogP contribution < -0.4 is 9.80 Å². The highest BCUT2D eigenvalue weighted by Gasteiger charge is 2.23. The SMILES string of the molecule is CN1CCN(c2cccc(Br)c2C#N)c2ccccc21. The second kappa shape index (κ2) is 5.18. The van der Waals surface area contributed by atoms with E-state index in [-0.39, 0.29) is 0 Å². The lowest BCUT2D eigenvalue weighted by Crippen LogP contribution is -2.36. The molecule has 0 unspecified atom stereocenters. The van der Waals surface area contributed by atoms with E-state index in [0.29, 0.717) is 5.56 Å². The third-order valence-corrected chi connectivity index (χ3v) is 4.30. The molecule has 4 heteroatoms. The van der Waals surface area contributed by atoms with Gasteiger partial charge in [-0.05, 0) is 40.2 Å². The second-order valence-electron chi connectivity index (χ2n) is 4.81. The molecule has 20 heavy (non-hydrogen) atoms. The van der Waals surface area contributed by atoms with E-state index in [4.69, 9.17) is 0 Å². The average molecular weight is 328 g/mol. The van der Waals surface area contributed by atoms with Gasteiger partial charge in [-0.15, -0.1) is 0 Å². The molecule has 100 valence electrons. The Bertz CT molecular complexity index is 690. The summed E-state index contributed by atoms with van der Waals surface area (Å²) in [5.41, 5.74) is 3.99. The molecule has 0 aliphatic carbocycles. The summed E-state index contributed by atoms with van der Waals surface area (Å²) in [6.45, 7) is 1.81. The fraction of sp³-hybridized carbons (Fsp3) is 0.188. The van der Waals surface area contributed by atoms with Gasteiger partial charge in [0.15, 0.2) is 0 Å². The fourth-order valence-electron chi connectivity index (χ4n) is 2.60. The third-order valence-electron chi connectivity index (χ3n) is 3.64. The van der Waals surface area contributed by atoms with Crippen molar-refractivity contribution >= 4 is 33.0 Å². The van der Waals surface area contributed by atoms with Gasteiger partial charge in [-0.1, -0.05) is 18.2 Å². The van der Waals surface area contributed by atoms with Crippen LogP contribution in [0.25, 0.3) is 0 Å². The van der Waals surface area contributed by atoms with Crippen molar-refractivity contribution in [3.8, 4) is 6.07 Å². The maximum absolute atomic E-state index is 9.41. The summed E-state index contributed by atoms with van der Waals surface area (Å²) in [5.74, 6) is 0. The van der Waals surface area contributed by atoms with Gasteiger partial charge >= 0.3 is 0 Å². The number of hydrogen-bond donors (Lipinski definition) is 0. The number of nitrogens with zero attached hydrogens (tertiary/aromatic N) is 3. The molecule has 0 saturated heterocycles. The maximum atomic E-state index is 9.41. The number of anilines is 3. The first-order valence-corrected chi connectivity index (χ1v) is 7.28. The Morgan fingerprint density at radius 1 is 1.00 bits per heavy atom. The van der Waals surface area contributed by atoms with Crippen LogP contribution >= 0.6 is 15.9 Å². The van der Waals surface area contributed by atoms with Gasteiger partial charge < -0.3 is 9.80 Å². The van der Waals surface area contributed by atoms with Crippen molar-refractivity contribution in [2.45, 2.75) is 0 Å². The molecule has 2 aromatic carbocycles. The first-order chi connectivity index (χ1) is 9.72. The summed E-state index contributed by atoms with van der Waals surface area (Å²) in [7, 11) is 2.10. The molecule has 0 fully saturated rings. The zero-order valence-corrected chi connectivity index (χ0v) is 12.8. The molecule has 0 radical (unpaired) electrons. The monoisotopic (exact) mass is 327 g/mol. The van der Waals surface area contributed by atoms with Crippen LogP contribution in [0.4, 0.5) is 17.1 Å². The Morgan fingerprint density at radius 2 is 1.70 bits per heavy atom. The topological polar surface area (TPSA) is 30.3 Å². The van der Waals surface area contributed by atoms with E-state index in [1.807, 2.05) is 30.3 Å². The minimum Gasteiger partial charge on any atom is -0.371 e. The molecule has 2 aromatic rings. The first-order valence-electron chi connectivity index (χ1n) is 6.48. The van der Waals surface area contributed by atoms with Crippen LogP contribution in [0.5, 0.6) is 0 Å². The van der Waals surface area contributed by atoms with E-state index < -0.39 is 0 Å². The van der Waals surface area contributed by atoms with Crippen LogP contribution in [0.1, 0.15) is 5.56 Å². The lowest BCUT2D eigenvalue weighted by atomic mass is 10.1. The summed E-state index contributed by atoms with van der Waals surface area (Å²) in [5, 5.41) is 9.41. The van der Waals surface area contributed by atoms with Gasteiger partial charge in [-0.2, -0.15) is 5.26 Å². The van der Waals surface area contributed by atoms with E-state index in [2.05, 4.69) is 51.0 Å². The number of likely N-dealkylation sites (N-methyl/N-ethyl adjacent to an activating group) is 1. The molecule has 0 bridgehead atoms. The molecular formula is C16H14BrN3. The van der Waals surface area contributed by atoms with Gasteiger partial charge in [0.2, 0.25) is 0 Å². The van der Waals surface area contributed by atoms with Crippen LogP contribution in [-0.4, -0.2) is 20.1 Å². The summed E-state index contributed by atoms with van der Waals surface area (Å²) in [6, 6.07) is 16.5. The van der Waals surface area contributed by atoms with Gasteiger partial charge in [-0.25, -0.2) is 0 Å². The average Bonchev–Trinajstić information content (AvgIpc) is 2.48. The highest BCUT2D eigenvalue weighted by molar-refractivity contribution is 9.10. The summed E-state index contributed by atoms with van der Waals surface area (Å²) in [6.07, 6.45) is 0. The van der Waals surface area contributed by atoms with Crippen LogP contribution in [0, 0.1) is 11.3 Å². The van der Waals surface area contributed by atoms with E-state index in [1.54, 1.807) is 0 Å². The summed E-state index contributed by atoms with van der Waals surface area (Å²) < 4.78 is 0.842. The molecule has 1 heterocycles. The van der Waals surface area contributed by atoms with Crippen LogP contribution in [0.3, 0.4) is 0 Å². The van der Waals surface area contributed by atoms with Gasteiger partial charge in [-0.3, -0.25) is 0 Å². The highest BCUT2D eigenvalue weighted by atomic mass is 79.9. The summed E-state index contributed by atoms with van der Waals surface area (Å²) in [4.78, 5) is 4.47. The molecule has 0 spiro atoms. The number of benzene rings is 2. The van der Waals surface area contributed by atoms with Crippen molar-refractivity contribution in [3.63, 3.8) is 0 Å². The first kappa shape index (κ1) is 13.0. The molecule has 3 rings (SSSR count). The normalized spacial score (nSPS) is 13.8. The number of fused-ring (bicyclic) bond motifs is 1. The number of hydrogen-bond acceptors (Lipinski definition) is 3. The Labute approximate surface area is 127 Å². The van der Waals surface area contributed by atoms with Crippen molar-refractivity contribution in [3.05, 3.63) is 52.5 Å². The Morgan fingerprint density at radius 3 is 2.45 bits per heavy atom. The predicted octanol–water partition coefficient (Wildman–Crippen LogP) is 3.91. The van der Waals surface area contributed by atoms with E-state index in [1.165, 1.54) is 5.69 Å². The van der Waals surface area contributed by atoms with Gasteiger partial charge in [0.05, 0.1) is 22.6 Å². The number of rotatable bonds is 1. The van der Waals surface area contributed by atoms with Crippen molar-refractivity contribution in [1.29, 1.82) is 5.26 Å².